The van der Waals surface area contributed by atoms with Gasteiger partial charge in [-0.3, -0.25) is 0 Å². The van der Waals surface area contributed by atoms with Crippen LogP contribution in [-0.2, 0) is 11.4 Å². The molecule has 1 atom stereocenters. The highest BCUT2D eigenvalue weighted by Gasteiger charge is 2.14. The quantitative estimate of drug-likeness (QED) is 0.735. The number of halogens is 1. The van der Waals surface area contributed by atoms with Crippen molar-refractivity contribution in [2.24, 2.45) is 0 Å². The topological polar surface area (TPSA) is 48.2 Å². The van der Waals surface area contributed by atoms with Crippen LogP contribution in [0.1, 0.15) is 6.92 Å². The van der Waals surface area contributed by atoms with Crippen LogP contribution in [0.4, 0.5) is 0 Å². The van der Waals surface area contributed by atoms with E-state index in [4.69, 9.17) is 4.42 Å². The molecule has 2 aromatic carbocycles. The second kappa shape index (κ2) is 5.17. The van der Waals surface area contributed by atoms with Gasteiger partial charge in [-0.25, -0.2) is 0 Å². The zero-order chi connectivity index (χ0) is 13.4. The van der Waals surface area contributed by atoms with Gasteiger partial charge in [-0.1, -0.05) is 15.9 Å². The molecule has 1 N–H and O–H groups in total. The number of nitrogens with one attached hydrogen (secondary N) is 1. The van der Waals surface area contributed by atoms with E-state index in [1.165, 1.54) is 0 Å². The van der Waals surface area contributed by atoms with Crippen molar-refractivity contribution in [3.63, 3.8) is 0 Å². The second-order valence-electron chi connectivity index (χ2n) is 4.17. The molecule has 0 amide bonds. The molecular formula is C14H12BrNO2S. The van der Waals surface area contributed by atoms with E-state index in [0.29, 0.717) is 6.54 Å². The Kier molecular flexibility index (Phi) is 3.54. The Hall–Kier alpha value is -1.01. The van der Waals surface area contributed by atoms with Crippen molar-refractivity contribution in [3.05, 3.63) is 40.9 Å². The summed E-state index contributed by atoms with van der Waals surface area (Å²) in [6.45, 7) is 2.60. The summed E-state index contributed by atoms with van der Waals surface area (Å²) in [5, 5.41) is 2.03. The van der Waals surface area contributed by atoms with Gasteiger partial charge < -0.3 is 8.97 Å². The van der Waals surface area contributed by atoms with Gasteiger partial charge in [0.15, 0.2) is 4.90 Å². The van der Waals surface area contributed by atoms with Gasteiger partial charge in [0, 0.05) is 27.9 Å². The lowest BCUT2D eigenvalue weighted by atomic mass is 10.1. The largest absolute Gasteiger partial charge is 0.593 e. The normalized spacial score (nSPS) is 13.2. The third-order valence-electron chi connectivity index (χ3n) is 2.89. The molecule has 0 aliphatic carbocycles. The fourth-order valence-electron chi connectivity index (χ4n) is 2.06. The standard InChI is InChI=1S/C14H12BrNO2S/c1-2-16-19(17)10-4-6-13-12(8-10)11-5-3-9(15)7-14(11)18-13/h3-8,16H,2H2,1H3. The van der Waals surface area contributed by atoms with Crippen molar-refractivity contribution >= 4 is 49.2 Å². The Morgan fingerprint density at radius 3 is 2.79 bits per heavy atom. The number of benzene rings is 2. The second-order valence-corrected chi connectivity index (χ2v) is 6.38. The van der Waals surface area contributed by atoms with E-state index >= 15 is 0 Å². The molecule has 0 radical (unpaired) electrons. The van der Waals surface area contributed by atoms with Gasteiger partial charge >= 0.3 is 0 Å². The molecule has 1 unspecified atom stereocenters. The SMILES string of the molecule is CCN[S+]([O-])c1ccc2oc3cc(Br)ccc3c2c1. The minimum atomic E-state index is -1.17. The summed E-state index contributed by atoms with van der Waals surface area (Å²) in [4.78, 5) is 0.764. The Morgan fingerprint density at radius 1 is 1.16 bits per heavy atom. The van der Waals surface area contributed by atoms with Gasteiger partial charge in [-0.2, -0.15) is 0 Å². The summed E-state index contributed by atoms with van der Waals surface area (Å²) in [5.74, 6) is 0. The molecule has 0 aliphatic heterocycles. The fraction of sp³-hybridized carbons (Fsp3) is 0.143. The number of fused-ring (bicyclic) bond motifs is 3. The number of hydrogen-bond acceptors (Lipinski definition) is 3. The van der Waals surface area contributed by atoms with Crippen LogP contribution in [0.3, 0.4) is 0 Å². The first-order chi connectivity index (χ1) is 9.19. The number of rotatable bonds is 3. The predicted octanol–water partition coefficient (Wildman–Crippen LogP) is 3.98. The van der Waals surface area contributed by atoms with Gasteiger partial charge in [-0.15, -0.1) is 4.72 Å². The first-order valence-corrected chi connectivity index (χ1v) is 7.90. The van der Waals surface area contributed by atoms with Crippen LogP contribution in [0.5, 0.6) is 0 Å². The summed E-state index contributed by atoms with van der Waals surface area (Å²) in [6, 6.07) is 11.5. The van der Waals surface area contributed by atoms with E-state index in [1.54, 1.807) is 0 Å². The van der Waals surface area contributed by atoms with Crippen LogP contribution in [0.15, 0.2) is 50.2 Å². The molecule has 0 spiro atoms. The molecule has 1 heterocycles. The summed E-state index contributed by atoms with van der Waals surface area (Å²) in [5.41, 5.74) is 1.64. The van der Waals surface area contributed by atoms with Crippen LogP contribution in [-0.4, -0.2) is 11.1 Å². The Balaban J connectivity index is 2.18. The number of hydrogen-bond donors (Lipinski definition) is 1. The monoisotopic (exact) mass is 337 g/mol. The third-order valence-corrected chi connectivity index (χ3v) is 4.62. The zero-order valence-corrected chi connectivity index (χ0v) is 12.7. The van der Waals surface area contributed by atoms with E-state index in [0.717, 1.165) is 31.3 Å². The minimum Gasteiger partial charge on any atom is -0.593 e. The highest BCUT2D eigenvalue weighted by atomic mass is 79.9. The van der Waals surface area contributed by atoms with E-state index in [2.05, 4.69) is 20.7 Å². The molecular weight excluding hydrogens is 326 g/mol. The first kappa shape index (κ1) is 13.0. The van der Waals surface area contributed by atoms with Gasteiger partial charge in [-0.05, 0) is 37.3 Å². The van der Waals surface area contributed by atoms with Gasteiger partial charge in [0.05, 0.1) is 11.4 Å². The fourth-order valence-corrected chi connectivity index (χ4v) is 3.25. The van der Waals surface area contributed by atoms with Crippen LogP contribution in [0.25, 0.3) is 21.9 Å². The third kappa shape index (κ3) is 2.39. The molecule has 0 saturated carbocycles. The summed E-state index contributed by atoms with van der Waals surface area (Å²) in [7, 11) is 0. The average molecular weight is 338 g/mol. The lowest BCUT2D eigenvalue weighted by Gasteiger charge is -2.08. The maximum absolute atomic E-state index is 12.0. The van der Waals surface area contributed by atoms with Gasteiger partial charge in [0.1, 0.15) is 11.2 Å². The summed E-state index contributed by atoms with van der Waals surface area (Å²) < 4.78 is 21.6. The van der Waals surface area contributed by atoms with E-state index in [9.17, 15) is 4.55 Å². The van der Waals surface area contributed by atoms with Crippen molar-refractivity contribution in [1.82, 2.24) is 4.72 Å². The summed E-state index contributed by atoms with van der Waals surface area (Å²) in [6.07, 6.45) is 0. The van der Waals surface area contributed by atoms with Crippen molar-refractivity contribution < 1.29 is 8.97 Å². The van der Waals surface area contributed by atoms with Crippen LogP contribution < -0.4 is 4.72 Å². The van der Waals surface area contributed by atoms with Crippen LogP contribution in [0, 0.1) is 0 Å². The maximum atomic E-state index is 12.0. The molecule has 3 rings (SSSR count). The van der Waals surface area contributed by atoms with Crippen molar-refractivity contribution in [2.75, 3.05) is 6.54 Å². The zero-order valence-electron chi connectivity index (χ0n) is 10.3. The van der Waals surface area contributed by atoms with Crippen LogP contribution in [0.2, 0.25) is 0 Å². The van der Waals surface area contributed by atoms with E-state index in [1.807, 2.05) is 43.3 Å². The summed E-state index contributed by atoms with van der Waals surface area (Å²) >= 11 is 2.26. The highest BCUT2D eigenvalue weighted by Crippen LogP contribution is 2.32. The molecule has 0 saturated heterocycles. The van der Waals surface area contributed by atoms with Crippen molar-refractivity contribution in [1.29, 1.82) is 0 Å². The smallest absolute Gasteiger partial charge is 0.174 e. The maximum Gasteiger partial charge on any atom is 0.174 e. The molecule has 0 fully saturated rings. The molecule has 0 bridgehead atoms. The Bertz CT molecular complexity index is 741. The van der Waals surface area contributed by atoms with E-state index in [-0.39, 0.29) is 0 Å². The molecule has 19 heavy (non-hydrogen) atoms. The predicted molar refractivity (Wildman–Crippen MR) is 81.5 cm³/mol. The molecule has 1 aromatic heterocycles. The van der Waals surface area contributed by atoms with Crippen LogP contribution >= 0.6 is 15.9 Å². The molecule has 98 valence electrons. The lowest BCUT2D eigenvalue weighted by Crippen LogP contribution is -2.22. The highest BCUT2D eigenvalue weighted by molar-refractivity contribution is 9.10. The molecule has 3 nitrogen and oxygen atoms in total. The van der Waals surface area contributed by atoms with Crippen molar-refractivity contribution in [2.45, 2.75) is 11.8 Å². The Labute approximate surface area is 122 Å². The number of furan rings is 1. The molecule has 3 aromatic rings. The Morgan fingerprint density at radius 2 is 2.00 bits per heavy atom. The van der Waals surface area contributed by atoms with Gasteiger partial charge in [0.2, 0.25) is 0 Å². The molecule has 5 heteroatoms. The van der Waals surface area contributed by atoms with Gasteiger partial charge in [0.25, 0.3) is 0 Å². The lowest BCUT2D eigenvalue weighted by molar-refractivity contribution is 0.583. The average Bonchev–Trinajstić information content (AvgIpc) is 2.75. The van der Waals surface area contributed by atoms with Crippen molar-refractivity contribution in [3.8, 4) is 0 Å². The molecule has 0 aliphatic rings. The minimum absolute atomic E-state index is 0.670. The van der Waals surface area contributed by atoms with E-state index < -0.39 is 11.4 Å². The first-order valence-electron chi connectivity index (χ1n) is 5.96.